The summed E-state index contributed by atoms with van der Waals surface area (Å²) in [6.45, 7) is 0.635. The van der Waals surface area contributed by atoms with Gasteiger partial charge in [-0.2, -0.15) is 0 Å². The Labute approximate surface area is 114 Å². The van der Waals surface area contributed by atoms with Crippen LogP contribution in [-0.2, 0) is 11.3 Å². The van der Waals surface area contributed by atoms with Gasteiger partial charge in [-0.05, 0) is 11.6 Å². The molecule has 6 heteroatoms. The molecule has 4 nitrogen and oxygen atoms in total. The molecule has 1 heterocycles. The lowest BCUT2D eigenvalue weighted by molar-refractivity contribution is -0.119. The second-order valence-electron chi connectivity index (χ2n) is 3.56. The van der Waals surface area contributed by atoms with E-state index in [1.54, 1.807) is 12.3 Å². The fourth-order valence-corrected chi connectivity index (χ4v) is 2.10. The summed E-state index contributed by atoms with van der Waals surface area (Å²) in [5.74, 6) is -0.0925. The number of benzene rings is 1. The van der Waals surface area contributed by atoms with Gasteiger partial charge in [0.25, 0.3) is 0 Å². The molecule has 0 aliphatic heterocycles. The molecule has 18 heavy (non-hydrogen) atoms. The SMILES string of the molecule is O=C(CNc1nccs1)NCc1ccccc1Cl. The molecule has 0 spiro atoms. The molecule has 1 aromatic carbocycles. The molecule has 0 unspecified atom stereocenters. The van der Waals surface area contributed by atoms with Crippen molar-refractivity contribution in [2.75, 3.05) is 11.9 Å². The number of aromatic nitrogens is 1. The molecule has 0 fully saturated rings. The minimum absolute atomic E-state index is 0.0925. The summed E-state index contributed by atoms with van der Waals surface area (Å²) in [5, 5.41) is 8.98. The summed E-state index contributed by atoms with van der Waals surface area (Å²) in [6, 6.07) is 7.44. The highest BCUT2D eigenvalue weighted by molar-refractivity contribution is 7.13. The molecule has 0 bridgehead atoms. The zero-order valence-electron chi connectivity index (χ0n) is 9.52. The molecule has 94 valence electrons. The van der Waals surface area contributed by atoms with E-state index in [4.69, 9.17) is 11.6 Å². The Morgan fingerprint density at radius 2 is 2.22 bits per heavy atom. The summed E-state index contributed by atoms with van der Waals surface area (Å²) in [4.78, 5) is 15.6. The van der Waals surface area contributed by atoms with Crippen LogP contribution in [0, 0.1) is 0 Å². The fraction of sp³-hybridized carbons (Fsp3) is 0.167. The molecule has 1 amide bonds. The smallest absolute Gasteiger partial charge is 0.239 e. The number of amides is 1. The van der Waals surface area contributed by atoms with Crippen LogP contribution < -0.4 is 10.6 Å². The van der Waals surface area contributed by atoms with Crippen LogP contribution >= 0.6 is 22.9 Å². The van der Waals surface area contributed by atoms with Crippen molar-refractivity contribution in [3.63, 3.8) is 0 Å². The molecular weight excluding hydrogens is 270 g/mol. The topological polar surface area (TPSA) is 54.0 Å². The minimum Gasteiger partial charge on any atom is -0.352 e. The van der Waals surface area contributed by atoms with E-state index in [9.17, 15) is 4.79 Å². The summed E-state index contributed by atoms with van der Waals surface area (Å²) in [5.41, 5.74) is 0.904. The molecule has 0 saturated heterocycles. The number of thiazole rings is 1. The monoisotopic (exact) mass is 281 g/mol. The predicted octanol–water partition coefficient (Wildman–Crippen LogP) is 2.52. The Morgan fingerprint density at radius 3 is 2.94 bits per heavy atom. The lowest BCUT2D eigenvalue weighted by Crippen LogP contribution is -2.29. The highest BCUT2D eigenvalue weighted by atomic mass is 35.5. The van der Waals surface area contributed by atoms with Gasteiger partial charge in [-0.1, -0.05) is 29.8 Å². The van der Waals surface area contributed by atoms with Crippen LogP contribution in [0.3, 0.4) is 0 Å². The van der Waals surface area contributed by atoms with Crippen molar-refractivity contribution in [1.29, 1.82) is 0 Å². The van der Waals surface area contributed by atoms with E-state index in [1.807, 2.05) is 23.6 Å². The molecule has 2 aromatic rings. The predicted molar refractivity (Wildman–Crippen MR) is 73.9 cm³/mol. The van der Waals surface area contributed by atoms with E-state index in [0.717, 1.165) is 10.7 Å². The van der Waals surface area contributed by atoms with Crippen LogP contribution in [0.4, 0.5) is 5.13 Å². The maximum Gasteiger partial charge on any atom is 0.239 e. The lowest BCUT2D eigenvalue weighted by atomic mass is 10.2. The van der Waals surface area contributed by atoms with Crippen LogP contribution in [0.15, 0.2) is 35.8 Å². The van der Waals surface area contributed by atoms with Gasteiger partial charge in [-0.3, -0.25) is 4.79 Å². The maximum absolute atomic E-state index is 11.6. The maximum atomic E-state index is 11.6. The Morgan fingerprint density at radius 1 is 1.39 bits per heavy atom. The summed E-state index contributed by atoms with van der Waals surface area (Å²) < 4.78 is 0. The van der Waals surface area contributed by atoms with E-state index in [-0.39, 0.29) is 12.5 Å². The van der Waals surface area contributed by atoms with Gasteiger partial charge >= 0.3 is 0 Å². The van der Waals surface area contributed by atoms with Crippen LogP contribution in [0.5, 0.6) is 0 Å². The van der Waals surface area contributed by atoms with Crippen molar-refractivity contribution >= 4 is 34.0 Å². The van der Waals surface area contributed by atoms with Gasteiger partial charge < -0.3 is 10.6 Å². The van der Waals surface area contributed by atoms with E-state index in [0.29, 0.717) is 11.6 Å². The van der Waals surface area contributed by atoms with Crippen LogP contribution in [0.25, 0.3) is 0 Å². The Bertz CT molecular complexity index is 516. The van der Waals surface area contributed by atoms with Gasteiger partial charge in [-0.15, -0.1) is 11.3 Å². The highest BCUT2D eigenvalue weighted by Gasteiger charge is 2.04. The van der Waals surface area contributed by atoms with Crippen molar-refractivity contribution in [3.8, 4) is 0 Å². The second-order valence-corrected chi connectivity index (χ2v) is 4.86. The van der Waals surface area contributed by atoms with Gasteiger partial charge in [0.1, 0.15) is 0 Å². The first-order chi connectivity index (χ1) is 8.75. The fourth-order valence-electron chi connectivity index (χ4n) is 1.36. The van der Waals surface area contributed by atoms with Crippen molar-refractivity contribution in [2.24, 2.45) is 0 Å². The van der Waals surface area contributed by atoms with Gasteiger partial charge in [-0.25, -0.2) is 4.98 Å². The number of anilines is 1. The number of hydrogen-bond acceptors (Lipinski definition) is 4. The average molecular weight is 282 g/mol. The molecule has 2 rings (SSSR count). The Kier molecular flexibility index (Phi) is 4.55. The van der Waals surface area contributed by atoms with E-state index in [1.165, 1.54) is 11.3 Å². The van der Waals surface area contributed by atoms with Gasteiger partial charge in [0, 0.05) is 23.1 Å². The summed E-state index contributed by atoms with van der Waals surface area (Å²) in [7, 11) is 0. The van der Waals surface area contributed by atoms with Gasteiger partial charge in [0.15, 0.2) is 5.13 Å². The standard InChI is InChI=1S/C12H12ClN3OS/c13-10-4-2-1-3-9(10)7-15-11(17)8-16-12-14-5-6-18-12/h1-6H,7-8H2,(H,14,16)(H,15,17). The first kappa shape index (κ1) is 12.9. The molecule has 0 radical (unpaired) electrons. The largest absolute Gasteiger partial charge is 0.352 e. The van der Waals surface area contributed by atoms with Crippen molar-refractivity contribution in [1.82, 2.24) is 10.3 Å². The van der Waals surface area contributed by atoms with E-state index in [2.05, 4.69) is 15.6 Å². The molecule has 1 aromatic heterocycles. The number of nitrogens with one attached hydrogen (secondary N) is 2. The van der Waals surface area contributed by atoms with Gasteiger partial charge in [0.2, 0.25) is 5.91 Å². The van der Waals surface area contributed by atoms with Crippen molar-refractivity contribution in [2.45, 2.75) is 6.54 Å². The first-order valence-electron chi connectivity index (χ1n) is 5.39. The summed E-state index contributed by atoms with van der Waals surface area (Å²) >= 11 is 7.45. The summed E-state index contributed by atoms with van der Waals surface area (Å²) in [6.07, 6.45) is 1.69. The quantitative estimate of drug-likeness (QED) is 0.885. The van der Waals surface area contributed by atoms with Gasteiger partial charge in [0.05, 0.1) is 6.54 Å². The Hall–Kier alpha value is -1.59. The zero-order valence-corrected chi connectivity index (χ0v) is 11.1. The van der Waals surface area contributed by atoms with Crippen LogP contribution in [0.2, 0.25) is 5.02 Å². The zero-order chi connectivity index (χ0) is 12.8. The molecule has 0 aliphatic carbocycles. The molecule has 2 N–H and O–H groups in total. The second kappa shape index (κ2) is 6.37. The third-order valence-corrected chi connectivity index (χ3v) is 3.37. The number of halogens is 1. The van der Waals surface area contributed by atoms with Crippen molar-refractivity contribution in [3.05, 3.63) is 46.4 Å². The molecule has 0 saturated carbocycles. The molecule has 0 aliphatic rings. The number of hydrogen-bond donors (Lipinski definition) is 2. The third kappa shape index (κ3) is 3.72. The number of nitrogens with zero attached hydrogens (tertiary/aromatic N) is 1. The average Bonchev–Trinajstić information content (AvgIpc) is 2.88. The molecular formula is C12H12ClN3OS. The number of carbonyl (C=O) groups excluding carboxylic acids is 1. The minimum atomic E-state index is -0.0925. The normalized spacial score (nSPS) is 10.1. The van der Waals surface area contributed by atoms with Crippen LogP contribution in [0.1, 0.15) is 5.56 Å². The molecule has 0 atom stereocenters. The van der Waals surface area contributed by atoms with Crippen LogP contribution in [-0.4, -0.2) is 17.4 Å². The Balaban J connectivity index is 1.77. The highest BCUT2D eigenvalue weighted by Crippen LogP contribution is 2.14. The lowest BCUT2D eigenvalue weighted by Gasteiger charge is -2.07. The third-order valence-electron chi connectivity index (χ3n) is 2.27. The first-order valence-corrected chi connectivity index (χ1v) is 6.65. The van der Waals surface area contributed by atoms with E-state index < -0.39 is 0 Å². The number of carbonyl (C=O) groups is 1. The van der Waals surface area contributed by atoms with E-state index >= 15 is 0 Å². The van der Waals surface area contributed by atoms with Crippen molar-refractivity contribution < 1.29 is 4.79 Å². The number of rotatable bonds is 5.